The van der Waals surface area contributed by atoms with Crippen LogP contribution >= 0.6 is 22.9 Å². The number of likely N-dealkylation sites (N-methyl/N-ethyl adjacent to an activating group) is 1. The van der Waals surface area contributed by atoms with Gasteiger partial charge in [-0.05, 0) is 44.2 Å². The molecule has 9 heteroatoms. The lowest BCUT2D eigenvalue weighted by molar-refractivity contribution is -0.133. The monoisotopic (exact) mass is 458 g/mol. The number of nitrogens with zero attached hydrogens (tertiary/aromatic N) is 3. The quantitative estimate of drug-likeness (QED) is 0.517. The Morgan fingerprint density at radius 1 is 1.23 bits per heavy atom. The summed E-state index contributed by atoms with van der Waals surface area (Å²) in [6, 6.07) is 8.69. The highest BCUT2D eigenvalue weighted by molar-refractivity contribution is 7.13. The zero-order valence-electron chi connectivity index (χ0n) is 17.3. The minimum atomic E-state index is -0.204. The van der Waals surface area contributed by atoms with E-state index in [4.69, 9.17) is 16.3 Å². The number of halogens is 1. The number of nitrogens with one attached hydrogen (secondary N) is 1. The maximum atomic E-state index is 12.4. The van der Waals surface area contributed by atoms with Gasteiger partial charge in [0.1, 0.15) is 10.8 Å². The van der Waals surface area contributed by atoms with Crippen molar-refractivity contribution < 1.29 is 14.3 Å². The van der Waals surface area contributed by atoms with Crippen LogP contribution in [0.4, 0.5) is 5.69 Å². The first-order valence-corrected chi connectivity index (χ1v) is 11.1. The Bertz CT molecular complexity index is 1040. The van der Waals surface area contributed by atoms with Crippen molar-refractivity contribution in [1.82, 2.24) is 14.9 Å². The highest BCUT2D eigenvalue weighted by Crippen LogP contribution is 2.28. The van der Waals surface area contributed by atoms with Crippen molar-refractivity contribution in [2.75, 3.05) is 25.0 Å². The van der Waals surface area contributed by atoms with Crippen LogP contribution in [-0.2, 0) is 16.0 Å². The van der Waals surface area contributed by atoms with Crippen LogP contribution in [0.15, 0.2) is 48.1 Å². The number of ether oxygens (including phenoxy) is 1. The second kappa shape index (κ2) is 10.9. The predicted molar refractivity (Wildman–Crippen MR) is 123 cm³/mol. The molecular weight excluding hydrogens is 436 g/mol. The number of amides is 2. The summed E-state index contributed by atoms with van der Waals surface area (Å²) in [5, 5.41) is 5.80. The molecular formula is C22H23ClN4O3S. The summed E-state index contributed by atoms with van der Waals surface area (Å²) in [6.45, 7) is 4.99. The number of carbonyl (C=O) groups is 2. The molecule has 0 aliphatic carbocycles. The van der Waals surface area contributed by atoms with Crippen molar-refractivity contribution in [3.05, 3.63) is 58.8 Å². The van der Waals surface area contributed by atoms with Crippen LogP contribution in [0.2, 0.25) is 5.02 Å². The van der Waals surface area contributed by atoms with Gasteiger partial charge in [0.2, 0.25) is 5.91 Å². The average molecular weight is 459 g/mol. The fourth-order valence-electron chi connectivity index (χ4n) is 2.88. The molecule has 31 heavy (non-hydrogen) atoms. The molecule has 0 radical (unpaired) electrons. The molecule has 0 atom stereocenters. The maximum absolute atomic E-state index is 12.4. The summed E-state index contributed by atoms with van der Waals surface area (Å²) in [5.74, 6) is 0.0811. The molecule has 0 aliphatic heterocycles. The minimum absolute atomic E-state index is 0.0871. The van der Waals surface area contributed by atoms with Crippen LogP contribution in [0.5, 0.6) is 5.75 Å². The standard InChI is InChI=1S/C22H23ClN4O3S/c1-3-27(4-2)21(29)13-30-19-8-7-16(10-18(19)23)25-20(28)11-17-14-31-22(26-17)15-6-5-9-24-12-15/h5-10,12,14H,3-4,11,13H2,1-2H3,(H,25,28). The zero-order chi connectivity index (χ0) is 22.2. The number of pyridine rings is 1. The number of aromatic nitrogens is 2. The highest BCUT2D eigenvalue weighted by atomic mass is 35.5. The third kappa shape index (κ3) is 6.26. The SMILES string of the molecule is CCN(CC)C(=O)COc1ccc(NC(=O)Cc2csc(-c3cccnc3)n2)cc1Cl. The van der Waals surface area contributed by atoms with Crippen LogP contribution < -0.4 is 10.1 Å². The Balaban J connectivity index is 1.55. The summed E-state index contributed by atoms with van der Waals surface area (Å²) in [6.07, 6.45) is 3.59. The Labute approximate surface area is 190 Å². The summed E-state index contributed by atoms with van der Waals surface area (Å²) >= 11 is 7.73. The summed E-state index contributed by atoms with van der Waals surface area (Å²) in [4.78, 5) is 34.7. The number of hydrogen-bond acceptors (Lipinski definition) is 6. The number of carbonyl (C=O) groups excluding carboxylic acids is 2. The average Bonchev–Trinajstić information content (AvgIpc) is 3.23. The molecule has 162 valence electrons. The molecule has 7 nitrogen and oxygen atoms in total. The minimum Gasteiger partial charge on any atom is -0.482 e. The van der Waals surface area contributed by atoms with Crippen LogP contribution in [0.1, 0.15) is 19.5 Å². The Kier molecular flexibility index (Phi) is 7.97. The van der Waals surface area contributed by atoms with Crippen molar-refractivity contribution in [1.29, 1.82) is 0 Å². The lowest BCUT2D eigenvalue weighted by Gasteiger charge is -2.19. The summed E-state index contributed by atoms with van der Waals surface area (Å²) < 4.78 is 5.53. The van der Waals surface area contributed by atoms with E-state index in [1.807, 2.05) is 31.4 Å². The van der Waals surface area contributed by atoms with Gasteiger partial charge in [-0.15, -0.1) is 11.3 Å². The van der Waals surface area contributed by atoms with Crippen LogP contribution in [0.25, 0.3) is 10.6 Å². The van der Waals surface area contributed by atoms with Gasteiger partial charge >= 0.3 is 0 Å². The number of rotatable bonds is 9. The fourth-order valence-corrected chi connectivity index (χ4v) is 3.93. The smallest absolute Gasteiger partial charge is 0.260 e. The van der Waals surface area contributed by atoms with Crippen molar-refractivity contribution in [2.24, 2.45) is 0 Å². The summed E-state index contributed by atoms with van der Waals surface area (Å²) in [7, 11) is 0. The van der Waals surface area contributed by atoms with E-state index < -0.39 is 0 Å². The van der Waals surface area contributed by atoms with E-state index in [-0.39, 0.29) is 24.8 Å². The summed E-state index contributed by atoms with van der Waals surface area (Å²) in [5.41, 5.74) is 2.14. The lowest BCUT2D eigenvalue weighted by atomic mass is 10.2. The van der Waals surface area contributed by atoms with E-state index in [9.17, 15) is 9.59 Å². The first kappa shape index (κ1) is 22.7. The number of benzene rings is 1. The van der Waals surface area contributed by atoms with Crippen molar-refractivity contribution >= 4 is 40.4 Å². The van der Waals surface area contributed by atoms with E-state index in [0.717, 1.165) is 10.6 Å². The molecule has 3 rings (SSSR count). The third-order valence-corrected chi connectivity index (χ3v) is 5.72. The van der Waals surface area contributed by atoms with Gasteiger partial charge in [0.25, 0.3) is 5.91 Å². The van der Waals surface area contributed by atoms with Crippen LogP contribution in [-0.4, -0.2) is 46.4 Å². The molecule has 1 aromatic carbocycles. The molecule has 0 fully saturated rings. The molecule has 2 aromatic heterocycles. The lowest BCUT2D eigenvalue weighted by Crippen LogP contribution is -2.34. The normalized spacial score (nSPS) is 10.5. The van der Waals surface area contributed by atoms with Crippen LogP contribution in [0, 0.1) is 0 Å². The molecule has 0 spiro atoms. The van der Waals surface area contributed by atoms with Crippen molar-refractivity contribution in [2.45, 2.75) is 20.3 Å². The first-order chi connectivity index (χ1) is 15.0. The molecule has 0 saturated heterocycles. The topological polar surface area (TPSA) is 84.4 Å². The fraction of sp³-hybridized carbons (Fsp3) is 0.273. The number of anilines is 1. The molecule has 2 heterocycles. The molecule has 0 aliphatic rings. The van der Waals surface area contributed by atoms with Gasteiger partial charge in [0.15, 0.2) is 6.61 Å². The molecule has 2 amide bonds. The van der Waals surface area contributed by atoms with E-state index in [0.29, 0.717) is 35.2 Å². The van der Waals surface area contributed by atoms with Gasteiger partial charge in [0, 0.05) is 42.1 Å². The number of hydrogen-bond donors (Lipinski definition) is 1. The van der Waals surface area contributed by atoms with Gasteiger partial charge in [-0.2, -0.15) is 0 Å². The molecule has 3 aromatic rings. The van der Waals surface area contributed by atoms with E-state index in [1.165, 1.54) is 11.3 Å². The van der Waals surface area contributed by atoms with Crippen molar-refractivity contribution in [3.8, 4) is 16.3 Å². The van der Waals surface area contributed by atoms with Gasteiger partial charge in [-0.3, -0.25) is 14.6 Å². The van der Waals surface area contributed by atoms with Gasteiger partial charge in [-0.25, -0.2) is 4.98 Å². The zero-order valence-corrected chi connectivity index (χ0v) is 18.9. The highest BCUT2D eigenvalue weighted by Gasteiger charge is 2.13. The largest absolute Gasteiger partial charge is 0.482 e. The molecule has 0 saturated carbocycles. The Morgan fingerprint density at radius 2 is 2.03 bits per heavy atom. The van der Waals surface area contributed by atoms with Gasteiger partial charge in [0.05, 0.1) is 17.1 Å². The number of thiazole rings is 1. The second-order valence-corrected chi connectivity index (χ2v) is 7.88. The van der Waals surface area contributed by atoms with Gasteiger partial charge < -0.3 is 15.0 Å². The Morgan fingerprint density at radius 3 is 2.71 bits per heavy atom. The van der Waals surface area contributed by atoms with E-state index >= 15 is 0 Å². The first-order valence-electron chi connectivity index (χ1n) is 9.85. The second-order valence-electron chi connectivity index (χ2n) is 6.61. The predicted octanol–water partition coefficient (Wildman–Crippen LogP) is 4.29. The molecule has 0 bridgehead atoms. The molecule has 0 unspecified atom stereocenters. The third-order valence-electron chi connectivity index (χ3n) is 4.48. The van der Waals surface area contributed by atoms with Gasteiger partial charge in [-0.1, -0.05) is 11.6 Å². The Hall–Kier alpha value is -2.97. The van der Waals surface area contributed by atoms with E-state index in [2.05, 4.69) is 15.3 Å². The van der Waals surface area contributed by atoms with E-state index in [1.54, 1.807) is 35.5 Å². The maximum Gasteiger partial charge on any atom is 0.260 e. The van der Waals surface area contributed by atoms with Crippen LogP contribution in [0.3, 0.4) is 0 Å². The van der Waals surface area contributed by atoms with Crippen molar-refractivity contribution in [3.63, 3.8) is 0 Å². The molecule has 1 N–H and O–H groups in total.